The second-order valence-electron chi connectivity index (χ2n) is 7.50. The number of imidazole rings is 1. The molecule has 7 nitrogen and oxygen atoms in total. The van der Waals surface area contributed by atoms with E-state index in [1.54, 1.807) is 0 Å². The number of rotatable bonds is 8. The Bertz CT molecular complexity index is 769. The van der Waals surface area contributed by atoms with Gasteiger partial charge in [0.25, 0.3) is 0 Å². The van der Waals surface area contributed by atoms with Gasteiger partial charge >= 0.3 is 6.03 Å². The number of hydrogen-bond donors (Lipinski definition) is 2. The smallest absolute Gasteiger partial charge is 0.317 e. The number of H-pyrrole nitrogens is 1. The summed E-state index contributed by atoms with van der Waals surface area (Å²) in [7, 11) is 0. The number of likely N-dealkylation sites (N-methyl/N-ethyl adjacent to an activating group) is 1. The summed E-state index contributed by atoms with van der Waals surface area (Å²) in [5.74, 6) is 0.927. The van der Waals surface area contributed by atoms with E-state index in [1.807, 2.05) is 24.0 Å². The van der Waals surface area contributed by atoms with Crippen LogP contribution in [-0.4, -0.2) is 77.8 Å². The highest BCUT2D eigenvalue weighted by Crippen LogP contribution is 2.15. The molecule has 1 atom stereocenters. The lowest BCUT2D eigenvalue weighted by molar-refractivity contribution is 0.0188. The van der Waals surface area contributed by atoms with Gasteiger partial charge in [-0.2, -0.15) is 0 Å². The lowest BCUT2D eigenvalue weighted by Crippen LogP contribution is -2.45. The Balaban J connectivity index is 1.44. The molecule has 1 saturated heterocycles. The molecule has 1 aromatic carbocycles. The molecule has 154 valence electrons. The van der Waals surface area contributed by atoms with Crippen molar-refractivity contribution in [1.82, 2.24) is 25.1 Å². The van der Waals surface area contributed by atoms with E-state index in [9.17, 15) is 4.79 Å². The number of amides is 2. The van der Waals surface area contributed by atoms with Crippen molar-refractivity contribution >= 4 is 17.1 Å². The number of fused-ring (bicyclic) bond motifs is 1. The zero-order chi connectivity index (χ0) is 19.9. The minimum absolute atomic E-state index is 0.00368. The Morgan fingerprint density at radius 3 is 2.89 bits per heavy atom. The largest absolute Gasteiger partial charge is 0.379 e. The molecule has 1 fully saturated rings. The quantitative estimate of drug-likeness (QED) is 0.730. The van der Waals surface area contributed by atoms with Crippen molar-refractivity contribution in [3.63, 3.8) is 0 Å². The van der Waals surface area contributed by atoms with Crippen molar-refractivity contribution in [2.45, 2.75) is 39.7 Å². The number of benzene rings is 1. The molecule has 0 bridgehead atoms. The average molecular weight is 388 g/mol. The molecule has 2 amide bonds. The van der Waals surface area contributed by atoms with E-state index in [0.29, 0.717) is 25.7 Å². The van der Waals surface area contributed by atoms with Crippen LogP contribution in [0.5, 0.6) is 0 Å². The normalized spacial score (nSPS) is 16.2. The van der Waals surface area contributed by atoms with E-state index in [1.165, 1.54) is 5.56 Å². The van der Waals surface area contributed by atoms with E-state index in [0.717, 1.165) is 56.0 Å². The lowest BCUT2D eigenvalue weighted by Gasteiger charge is -2.32. The predicted molar refractivity (Wildman–Crippen MR) is 112 cm³/mol. The molecular weight excluding hydrogens is 354 g/mol. The van der Waals surface area contributed by atoms with Crippen molar-refractivity contribution in [3.8, 4) is 0 Å². The predicted octanol–water partition coefficient (Wildman–Crippen LogP) is 2.56. The SMILES string of the molecule is CCN(CCc1nc2c(C)cccc2[nH]1)C(=O)NCC[C@@H](C)N1CCOCC1. The molecular formula is C21H33N5O2. The molecule has 2 aromatic rings. The number of urea groups is 1. The van der Waals surface area contributed by atoms with E-state index in [-0.39, 0.29) is 6.03 Å². The number of aryl methyl sites for hydroxylation is 1. The zero-order valence-corrected chi connectivity index (χ0v) is 17.3. The third-order valence-electron chi connectivity index (χ3n) is 5.56. The van der Waals surface area contributed by atoms with Gasteiger partial charge in [-0.25, -0.2) is 9.78 Å². The van der Waals surface area contributed by atoms with Gasteiger partial charge in [0.1, 0.15) is 5.82 Å². The molecule has 0 spiro atoms. The maximum Gasteiger partial charge on any atom is 0.317 e. The Hall–Kier alpha value is -2.12. The van der Waals surface area contributed by atoms with Crippen LogP contribution >= 0.6 is 0 Å². The topological polar surface area (TPSA) is 73.5 Å². The number of carbonyl (C=O) groups is 1. The van der Waals surface area contributed by atoms with Crippen LogP contribution in [0.15, 0.2) is 18.2 Å². The number of para-hydroxylation sites is 1. The molecule has 1 aromatic heterocycles. The molecule has 1 aliphatic heterocycles. The van der Waals surface area contributed by atoms with Crippen LogP contribution in [-0.2, 0) is 11.2 Å². The van der Waals surface area contributed by atoms with Gasteiger partial charge in [0, 0.05) is 45.2 Å². The highest BCUT2D eigenvalue weighted by atomic mass is 16.5. The standard InChI is InChI=1S/C21H33N5O2/c1-4-25(11-9-19-23-18-7-5-6-16(2)20(18)24-19)21(27)22-10-8-17(3)26-12-14-28-15-13-26/h5-7,17H,4,8-15H2,1-3H3,(H,22,27)(H,23,24)/t17-/m1/s1. The Morgan fingerprint density at radius 2 is 2.18 bits per heavy atom. The number of ether oxygens (including phenoxy) is 1. The Labute approximate surface area is 167 Å². The number of carbonyl (C=O) groups excluding carboxylic acids is 1. The van der Waals surface area contributed by atoms with Crippen molar-refractivity contribution in [2.24, 2.45) is 0 Å². The first kappa shape index (κ1) is 20.6. The van der Waals surface area contributed by atoms with E-state index < -0.39 is 0 Å². The van der Waals surface area contributed by atoms with Gasteiger partial charge in [-0.1, -0.05) is 12.1 Å². The number of aromatic amines is 1. The van der Waals surface area contributed by atoms with Gasteiger partial charge in [-0.05, 0) is 38.8 Å². The Kier molecular flexibility index (Phi) is 7.28. The fourth-order valence-corrected chi connectivity index (χ4v) is 3.69. The molecule has 7 heteroatoms. The molecule has 0 radical (unpaired) electrons. The lowest BCUT2D eigenvalue weighted by atomic mass is 10.2. The maximum absolute atomic E-state index is 12.5. The summed E-state index contributed by atoms with van der Waals surface area (Å²) in [4.78, 5) is 24.9. The van der Waals surface area contributed by atoms with Crippen molar-refractivity contribution in [1.29, 1.82) is 0 Å². The minimum atomic E-state index is 0.00368. The fourth-order valence-electron chi connectivity index (χ4n) is 3.69. The van der Waals surface area contributed by atoms with Crippen LogP contribution in [0, 0.1) is 6.92 Å². The van der Waals surface area contributed by atoms with Gasteiger partial charge in [0.2, 0.25) is 0 Å². The molecule has 0 aliphatic carbocycles. The average Bonchev–Trinajstić information content (AvgIpc) is 3.13. The van der Waals surface area contributed by atoms with Gasteiger partial charge in [-0.3, -0.25) is 4.90 Å². The summed E-state index contributed by atoms with van der Waals surface area (Å²) in [6.45, 7) is 11.9. The first-order valence-electron chi connectivity index (χ1n) is 10.4. The summed E-state index contributed by atoms with van der Waals surface area (Å²) in [6.07, 6.45) is 1.67. The number of aromatic nitrogens is 2. The summed E-state index contributed by atoms with van der Waals surface area (Å²) < 4.78 is 5.40. The highest BCUT2D eigenvalue weighted by molar-refractivity contribution is 5.78. The molecule has 3 rings (SSSR count). The maximum atomic E-state index is 12.5. The number of nitrogens with one attached hydrogen (secondary N) is 2. The summed E-state index contributed by atoms with van der Waals surface area (Å²) in [5, 5.41) is 3.07. The summed E-state index contributed by atoms with van der Waals surface area (Å²) >= 11 is 0. The van der Waals surface area contributed by atoms with Crippen LogP contribution in [0.1, 0.15) is 31.7 Å². The van der Waals surface area contributed by atoms with Crippen molar-refractivity contribution < 1.29 is 9.53 Å². The summed E-state index contributed by atoms with van der Waals surface area (Å²) in [5.41, 5.74) is 3.24. The third kappa shape index (κ3) is 5.23. The fraction of sp³-hybridized carbons (Fsp3) is 0.619. The molecule has 28 heavy (non-hydrogen) atoms. The van der Waals surface area contributed by atoms with Crippen LogP contribution in [0.4, 0.5) is 4.79 Å². The monoisotopic (exact) mass is 387 g/mol. The molecule has 2 heterocycles. The number of nitrogens with zero attached hydrogens (tertiary/aromatic N) is 3. The van der Waals surface area contributed by atoms with E-state index in [2.05, 4.69) is 40.1 Å². The van der Waals surface area contributed by atoms with Crippen molar-refractivity contribution in [3.05, 3.63) is 29.6 Å². The number of morpholine rings is 1. The van der Waals surface area contributed by atoms with Crippen LogP contribution in [0.25, 0.3) is 11.0 Å². The van der Waals surface area contributed by atoms with E-state index in [4.69, 9.17) is 4.74 Å². The van der Waals surface area contributed by atoms with Crippen LogP contribution in [0.2, 0.25) is 0 Å². The minimum Gasteiger partial charge on any atom is -0.379 e. The molecule has 2 N–H and O–H groups in total. The third-order valence-corrected chi connectivity index (χ3v) is 5.56. The van der Waals surface area contributed by atoms with Gasteiger partial charge in [-0.15, -0.1) is 0 Å². The van der Waals surface area contributed by atoms with Crippen LogP contribution < -0.4 is 5.32 Å². The van der Waals surface area contributed by atoms with Gasteiger partial charge in [0.05, 0.1) is 24.2 Å². The zero-order valence-electron chi connectivity index (χ0n) is 17.3. The molecule has 0 unspecified atom stereocenters. The second kappa shape index (κ2) is 9.89. The number of hydrogen-bond acceptors (Lipinski definition) is 4. The van der Waals surface area contributed by atoms with Gasteiger partial charge < -0.3 is 19.9 Å². The Morgan fingerprint density at radius 1 is 1.39 bits per heavy atom. The van der Waals surface area contributed by atoms with Crippen LogP contribution in [0.3, 0.4) is 0 Å². The molecule has 0 saturated carbocycles. The molecule has 1 aliphatic rings. The van der Waals surface area contributed by atoms with E-state index >= 15 is 0 Å². The van der Waals surface area contributed by atoms with Gasteiger partial charge in [0.15, 0.2) is 0 Å². The second-order valence-corrected chi connectivity index (χ2v) is 7.50. The summed E-state index contributed by atoms with van der Waals surface area (Å²) in [6, 6.07) is 6.60. The first-order valence-corrected chi connectivity index (χ1v) is 10.4. The van der Waals surface area contributed by atoms with Crippen molar-refractivity contribution in [2.75, 3.05) is 45.9 Å². The first-order chi connectivity index (χ1) is 13.6. The highest BCUT2D eigenvalue weighted by Gasteiger charge is 2.18.